The van der Waals surface area contributed by atoms with Gasteiger partial charge in [-0.25, -0.2) is 0 Å². The minimum atomic E-state index is -0.217. The van der Waals surface area contributed by atoms with Gasteiger partial charge < -0.3 is 14.0 Å². The maximum Gasteiger partial charge on any atom is 0.241 e. The second kappa shape index (κ2) is 5.76. The summed E-state index contributed by atoms with van der Waals surface area (Å²) < 4.78 is 10.5. The Kier molecular flexibility index (Phi) is 3.84. The molecule has 1 unspecified atom stereocenters. The third-order valence-corrected chi connectivity index (χ3v) is 3.88. The normalized spacial score (nSPS) is 19.3. The Bertz CT molecular complexity index is 528. The Morgan fingerprint density at radius 3 is 2.90 bits per heavy atom. The van der Waals surface area contributed by atoms with E-state index in [0.717, 1.165) is 25.9 Å². The van der Waals surface area contributed by atoms with E-state index in [4.69, 9.17) is 8.94 Å². The molecule has 20 heavy (non-hydrogen) atoms. The minimum Gasteiger partial charge on any atom is -0.461 e. The molecule has 0 aliphatic carbocycles. The fourth-order valence-corrected chi connectivity index (χ4v) is 2.61. The third kappa shape index (κ3) is 2.91. The van der Waals surface area contributed by atoms with E-state index in [1.54, 1.807) is 12.3 Å². The number of aliphatic hydroxyl groups excluding tert-OH is 1. The Labute approximate surface area is 117 Å². The van der Waals surface area contributed by atoms with Crippen molar-refractivity contribution in [1.82, 2.24) is 15.0 Å². The molecule has 108 valence electrons. The van der Waals surface area contributed by atoms with Crippen LogP contribution in [0.2, 0.25) is 0 Å². The van der Waals surface area contributed by atoms with Crippen LogP contribution in [-0.4, -0.2) is 39.3 Å². The predicted molar refractivity (Wildman–Crippen MR) is 71.7 cm³/mol. The van der Waals surface area contributed by atoms with E-state index < -0.39 is 0 Å². The molecule has 0 saturated carbocycles. The van der Waals surface area contributed by atoms with Gasteiger partial charge in [0, 0.05) is 0 Å². The van der Waals surface area contributed by atoms with Crippen molar-refractivity contribution in [2.24, 2.45) is 5.92 Å². The smallest absolute Gasteiger partial charge is 0.241 e. The van der Waals surface area contributed by atoms with Gasteiger partial charge in [-0.05, 0) is 50.9 Å². The monoisotopic (exact) mass is 277 g/mol. The molecule has 1 atom stereocenters. The molecule has 0 aromatic carbocycles. The van der Waals surface area contributed by atoms with Crippen molar-refractivity contribution in [3.05, 3.63) is 24.3 Å². The fraction of sp³-hybridized carbons (Fsp3) is 0.571. The van der Waals surface area contributed by atoms with E-state index in [9.17, 15) is 5.11 Å². The van der Waals surface area contributed by atoms with Crippen molar-refractivity contribution in [1.29, 1.82) is 0 Å². The number of likely N-dealkylation sites (tertiary alicyclic amines) is 1. The van der Waals surface area contributed by atoms with Gasteiger partial charge >= 0.3 is 0 Å². The summed E-state index contributed by atoms with van der Waals surface area (Å²) in [5, 5.41) is 13.5. The number of nitrogens with zero attached hydrogens (tertiary/aromatic N) is 3. The lowest BCUT2D eigenvalue weighted by Gasteiger charge is -2.32. The number of aromatic nitrogens is 2. The molecule has 0 bridgehead atoms. The summed E-state index contributed by atoms with van der Waals surface area (Å²) in [6.07, 6.45) is 3.39. The molecule has 6 heteroatoms. The summed E-state index contributed by atoms with van der Waals surface area (Å²) >= 11 is 0. The van der Waals surface area contributed by atoms with E-state index in [1.165, 1.54) is 0 Å². The molecule has 1 fully saturated rings. The zero-order valence-electron chi connectivity index (χ0n) is 11.5. The van der Waals surface area contributed by atoms with Crippen molar-refractivity contribution < 1.29 is 14.0 Å². The lowest BCUT2D eigenvalue weighted by Crippen LogP contribution is -2.36. The first kappa shape index (κ1) is 13.3. The number of piperidine rings is 1. The van der Waals surface area contributed by atoms with Crippen LogP contribution in [0, 0.1) is 5.92 Å². The van der Waals surface area contributed by atoms with Gasteiger partial charge in [0.05, 0.1) is 18.9 Å². The largest absolute Gasteiger partial charge is 0.461 e. The molecule has 0 spiro atoms. The molecular formula is C14H19N3O3. The summed E-state index contributed by atoms with van der Waals surface area (Å²) in [6.45, 7) is 4.43. The van der Waals surface area contributed by atoms with Gasteiger partial charge in [0.1, 0.15) is 0 Å². The molecule has 1 N–H and O–H groups in total. The Morgan fingerprint density at radius 2 is 2.25 bits per heavy atom. The maximum atomic E-state index is 9.59. The standard InChI is InChI=1S/C14H19N3O3/c1-10(18)11-4-6-17(7-5-11)9-13-15-14(16-20-13)12-3-2-8-19-12/h2-3,8,10-11,18H,4-7,9H2,1H3. The Morgan fingerprint density at radius 1 is 1.45 bits per heavy atom. The van der Waals surface area contributed by atoms with Gasteiger partial charge in [0.15, 0.2) is 5.76 Å². The van der Waals surface area contributed by atoms with E-state index in [1.807, 2.05) is 13.0 Å². The van der Waals surface area contributed by atoms with Crippen molar-refractivity contribution >= 4 is 0 Å². The molecule has 6 nitrogen and oxygen atoms in total. The van der Waals surface area contributed by atoms with Gasteiger partial charge in [-0.3, -0.25) is 4.90 Å². The first-order valence-corrected chi connectivity index (χ1v) is 6.99. The summed E-state index contributed by atoms with van der Waals surface area (Å²) in [4.78, 5) is 6.61. The van der Waals surface area contributed by atoms with Crippen LogP contribution in [0.15, 0.2) is 27.3 Å². The molecule has 3 heterocycles. The van der Waals surface area contributed by atoms with Crippen molar-refractivity contribution in [3.8, 4) is 11.6 Å². The van der Waals surface area contributed by atoms with Crippen LogP contribution in [0.4, 0.5) is 0 Å². The highest BCUT2D eigenvalue weighted by Crippen LogP contribution is 2.22. The van der Waals surface area contributed by atoms with E-state index >= 15 is 0 Å². The first-order valence-electron chi connectivity index (χ1n) is 6.99. The van der Waals surface area contributed by atoms with E-state index in [0.29, 0.717) is 29.9 Å². The van der Waals surface area contributed by atoms with E-state index in [2.05, 4.69) is 15.0 Å². The highest BCUT2D eigenvalue weighted by molar-refractivity contribution is 5.44. The molecule has 2 aromatic rings. The topological polar surface area (TPSA) is 75.5 Å². The van der Waals surface area contributed by atoms with Gasteiger partial charge in [0.2, 0.25) is 11.7 Å². The van der Waals surface area contributed by atoms with Crippen molar-refractivity contribution in [2.75, 3.05) is 13.1 Å². The molecular weight excluding hydrogens is 258 g/mol. The molecule has 1 aliphatic rings. The van der Waals surface area contributed by atoms with Gasteiger partial charge in [-0.2, -0.15) is 4.98 Å². The summed E-state index contributed by atoms with van der Waals surface area (Å²) in [5.74, 6) is 2.12. The molecule has 0 radical (unpaired) electrons. The average molecular weight is 277 g/mol. The quantitative estimate of drug-likeness (QED) is 0.920. The Balaban J connectivity index is 1.57. The third-order valence-electron chi connectivity index (χ3n) is 3.88. The molecule has 2 aromatic heterocycles. The van der Waals surface area contributed by atoms with Gasteiger partial charge in [-0.15, -0.1) is 0 Å². The average Bonchev–Trinajstić information content (AvgIpc) is 3.09. The molecule has 1 saturated heterocycles. The summed E-state index contributed by atoms with van der Waals surface area (Å²) in [5.41, 5.74) is 0. The van der Waals surface area contributed by atoms with Crippen LogP contribution < -0.4 is 0 Å². The SMILES string of the molecule is CC(O)C1CCN(Cc2nc(-c3ccco3)no2)CC1. The first-order chi connectivity index (χ1) is 9.72. The highest BCUT2D eigenvalue weighted by atomic mass is 16.5. The maximum absolute atomic E-state index is 9.59. The zero-order chi connectivity index (χ0) is 13.9. The van der Waals surface area contributed by atoms with E-state index in [-0.39, 0.29) is 6.10 Å². The fourth-order valence-electron chi connectivity index (χ4n) is 2.61. The number of aliphatic hydroxyl groups is 1. The zero-order valence-corrected chi connectivity index (χ0v) is 11.5. The molecule has 1 aliphatic heterocycles. The summed E-state index contributed by atoms with van der Waals surface area (Å²) in [7, 11) is 0. The van der Waals surface area contributed by atoms with Crippen LogP contribution in [0.1, 0.15) is 25.7 Å². The van der Waals surface area contributed by atoms with Crippen LogP contribution >= 0.6 is 0 Å². The van der Waals surface area contributed by atoms with Gasteiger partial charge in [0.25, 0.3) is 0 Å². The second-order valence-electron chi connectivity index (χ2n) is 5.34. The van der Waals surface area contributed by atoms with Gasteiger partial charge in [-0.1, -0.05) is 5.16 Å². The van der Waals surface area contributed by atoms with Crippen molar-refractivity contribution in [2.45, 2.75) is 32.4 Å². The number of hydrogen-bond acceptors (Lipinski definition) is 6. The van der Waals surface area contributed by atoms with Crippen LogP contribution in [-0.2, 0) is 6.54 Å². The van der Waals surface area contributed by atoms with Crippen LogP contribution in [0.3, 0.4) is 0 Å². The lowest BCUT2D eigenvalue weighted by atomic mass is 9.92. The van der Waals surface area contributed by atoms with Crippen LogP contribution in [0.5, 0.6) is 0 Å². The lowest BCUT2D eigenvalue weighted by molar-refractivity contribution is 0.0660. The predicted octanol–water partition coefficient (Wildman–Crippen LogP) is 1.92. The Hall–Kier alpha value is -1.66. The minimum absolute atomic E-state index is 0.217. The molecule has 3 rings (SSSR count). The summed E-state index contributed by atoms with van der Waals surface area (Å²) in [6, 6.07) is 3.61. The highest BCUT2D eigenvalue weighted by Gasteiger charge is 2.24. The number of hydrogen-bond donors (Lipinski definition) is 1. The number of rotatable bonds is 4. The molecule has 0 amide bonds. The second-order valence-corrected chi connectivity index (χ2v) is 5.34. The van der Waals surface area contributed by atoms with Crippen LogP contribution in [0.25, 0.3) is 11.6 Å². The number of furan rings is 1. The van der Waals surface area contributed by atoms with Crippen molar-refractivity contribution in [3.63, 3.8) is 0 Å².